The van der Waals surface area contributed by atoms with Crippen molar-refractivity contribution in [2.45, 2.75) is 0 Å². The van der Waals surface area contributed by atoms with E-state index in [0.29, 0.717) is 22.9 Å². The number of methoxy groups -OCH3 is 1. The van der Waals surface area contributed by atoms with Crippen LogP contribution in [0.3, 0.4) is 0 Å². The number of nitro benzene ring substituents is 1. The van der Waals surface area contributed by atoms with E-state index < -0.39 is 10.8 Å². The number of para-hydroxylation sites is 3. The van der Waals surface area contributed by atoms with Crippen molar-refractivity contribution in [3.63, 3.8) is 0 Å². The molecule has 7 heteroatoms. The Morgan fingerprint density at radius 3 is 2.22 bits per heavy atom. The SMILES string of the molecule is COc1ccccc1Oc1ccc(NC(=O)c2ccccc2[N+](=O)[O-])cc1. The van der Waals surface area contributed by atoms with Crippen LogP contribution in [0.25, 0.3) is 0 Å². The molecule has 136 valence electrons. The van der Waals surface area contributed by atoms with E-state index in [1.165, 1.54) is 18.2 Å². The van der Waals surface area contributed by atoms with Crippen LogP contribution in [0, 0.1) is 10.1 Å². The van der Waals surface area contributed by atoms with Gasteiger partial charge < -0.3 is 14.8 Å². The summed E-state index contributed by atoms with van der Waals surface area (Å²) in [6, 6.07) is 19.7. The van der Waals surface area contributed by atoms with Gasteiger partial charge in [0.25, 0.3) is 11.6 Å². The van der Waals surface area contributed by atoms with Gasteiger partial charge in [-0.2, -0.15) is 0 Å². The van der Waals surface area contributed by atoms with Crippen LogP contribution in [-0.2, 0) is 0 Å². The Labute approximate surface area is 155 Å². The predicted molar refractivity (Wildman–Crippen MR) is 101 cm³/mol. The summed E-state index contributed by atoms with van der Waals surface area (Å²) >= 11 is 0. The van der Waals surface area contributed by atoms with Gasteiger partial charge in [-0.1, -0.05) is 24.3 Å². The van der Waals surface area contributed by atoms with E-state index in [2.05, 4.69) is 5.32 Å². The first kappa shape index (κ1) is 17.9. The molecule has 27 heavy (non-hydrogen) atoms. The minimum absolute atomic E-state index is 0.00292. The van der Waals surface area contributed by atoms with Crippen LogP contribution in [-0.4, -0.2) is 17.9 Å². The quantitative estimate of drug-likeness (QED) is 0.508. The number of carbonyl (C=O) groups excluding carboxylic acids is 1. The molecule has 3 aromatic carbocycles. The predicted octanol–water partition coefficient (Wildman–Crippen LogP) is 4.65. The Morgan fingerprint density at radius 1 is 0.926 bits per heavy atom. The van der Waals surface area contributed by atoms with E-state index in [0.717, 1.165) is 0 Å². The molecule has 0 saturated carbocycles. The summed E-state index contributed by atoms with van der Waals surface area (Å²) < 4.78 is 11.0. The van der Waals surface area contributed by atoms with Crippen molar-refractivity contribution in [2.75, 3.05) is 12.4 Å². The number of anilines is 1. The minimum atomic E-state index is -0.584. The maximum atomic E-state index is 12.3. The summed E-state index contributed by atoms with van der Waals surface area (Å²) in [5.74, 6) is 1.17. The molecule has 0 fully saturated rings. The number of carbonyl (C=O) groups is 1. The number of benzene rings is 3. The van der Waals surface area contributed by atoms with Gasteiger partial charge in [-0.25, -0.2) is 0 Å². The van der Waals surface area contributed by atoms with E-state index in [4.69, 9.17) is 9.47 Å². The fourth-order valence-corrected chi connectivity index (χ4v) is 2.46. The number of rotatable bonds is 6. The van der Waals surface area contributed by atoms with Gasteiger partial charge in [-0.3, -0.25) is 14.9 Å². The highest BCUT2D eigenvalue weighted by molar-refractivity contribution is 6.07. The molecule has 0 bridgehead atoms. The van der Waals surface area contributed by atoms with Crippen LogP contribution in [0.4, 0.5) is 11.4 Å². The molecule has 0 atom stereocenters. The number of nitro groups is 1. The molecule has 1 amide bonds. The average molecular weight is 364 g/mol. The lowest BCUT2D eigenvalue weighted by Gasteiger charge is -2.11. The van der Waals surface area contributed by atoms with Crippen LogP contribution in [0.2, 0.25) is 0 Å². The summed E-state index contributed by atoms with van der Waals surface area (Å²) in [6.45, 7) is 0. The highest BCUT2D eigenvalue weighted by atomic mass is 16.6. The third-order valence-electron chi connectivity index (χ3n) is 3.75. The zero-order valence-corrected chi connectivity index (χ0v) is 14.4. The lowest BCUT2D eigenvalue weighted by Crippen LogP contribution is -2.13. The summed E-state index contributed by atoms with van der Waals surface area (Å²) in [7, 11) is 1.56. The van der Waals surface area contributed by atoms with Gasteiger partial charge in [0, 0.05) is 11.8 Å². The fraction of sp³-hybridized carbons (Fsp3) is 0.0500. The van der Waals surface area contributed by atoms with Gasteiger partial charge in [0.2, 0.25) is 0 Å². The highest BCUT2D eigenvalue weighted by Crippen LogP contribution is 2.31. The van der Waals surface area contributed by atoms with E-state index in [-0.39, 0.29) is 11.3 Å². The first-order chi connectivity index (χ1) is 13.1. The van der Waals surface area contributed by atoms with Crippen LogP contribution >= 0.6 is 0 Å². The van der Waals surface area contributed by atoms with Gasteiger partial charge >= 0.3 is 0 Å². The fourth-order valence-electron chi connectivity index (χ4n) is 2.46. The average Bonchev–Trinajstić information content (AvgIpc) is 2.69. The maximum absolute atomic E-state index is 12.3. The van der Waals surface area contributed by atoms with Gasteiger partial charge in [0.15, 0.2) is 11.5 Å². The van der Waals surface area contributed by atoms with Crippen molar-refractivity contribution in [3.05, 3.63) is 88.5 Å². The molecule has 7 nitrogen and oxygen atoms in total. The van der Waals surface area contributed by atoms with Crippen LogP contribution in [0.15, 0.2) is 72.8 Å². The third kappa shape index (κ3) is 4.21. The van der Waals surface area contributed by atoms with Crippen LogP contribution in [0.1, 0.15) is 10.4 Å². The second-order valence-corrected chi connectivity index (χ2v) is 5.51. The topological polar surface area (TPSA) is 90.7 Å². The third-order valence-corrected chi connectivity index (χ3v) is 3.75. The Hall–Kier alpha value is -3.87. The van der Waals surface area contributed by atoms with Gasteiger partial charge in [0.1, 0.15) is 11.3 Å². The van der Waals surface area contributed by atoms with E-state index >= 15 is 0 Å². The molecule has 0 radical (unpaired) electrons. The second-order valence-electron chi connectivity index (χ2n) is 5.51. The molecule has 0 aliphatic rings. The number of amides is 1. The molecule has 3 rings (SSSR count). The highest BCUT2D eigenvalue weighted by Gasteiger charge is 2.19. The molecular formula is C20H16N2O5. The van der Waals surface area contributed by atoms with Crippen LogP contribution < -0.4 is 14.8 Å². The van der Waals surface area contributed by atoms with Crippen molar-refractivity contribution >= 4 is 17.3 Å². The first-order valence-corrected chi connectivity index (χ1v) is 8.04. The molecule has 0 aliphatic heterocycles. The van der Waals surface area contributed by atoms with E-state index in [1.54, 1.807) is 49.6 Å². The summed E-state index contributed by atoms with van der Waals surface area (Å²) in [5, 5.41) is 13.7. The van der Waals surface area contributed by atoms with Crippen LogP contribution in [0.5, 0.6) is 17.2 Å². The van der Waals surface area contributed by atoms with E-state index in [9.17, 15) is 14.9 Å². The molecule has 0 heterocycles. The summed E-state index contributed by atoms with van der Waals surface area (Å²) in [6.07, 6.45) is 0. The maximum Gasteiger partial charge on any atom is 0.282 e. The Bertz CT molecular complexity index is 970. The molecule has 0 spiro atoms. The molecule has 0 unspecified atom stereocenters. The Morgan fingerprint density at radius 2 is 1.56 bits per heavy atom. The number of hydrogen-bond acceptors (Lipinski definition) is 5. The normalized spacial score (nSPS) is 10.1. The number of ether oxygens (including phenoxy) is 2. The van der Waals surface area contributed by atoms with Gasteiger partial charge in [-0.15, -0.1) is 0 Å². The minimum Gasteiger partial charge on any atom is -0.493 e. The van der Waals surface area contributed by atoms with Crippen molar-refractivity contribution in [1.29, 1.82) is 0 Å². The van der Waals surface area contributed by atoms with E-state index in [1.807, 2.05) is 12.1 Å². The first-order valence-electron chi connectivity index (χ1n) is 8.04. The molecule has 3 aromatic rings. The summed E-state index contributed by atoms with van der Waals surface area (Å²) in [5.41, 5.74) is 0.244. The number of hydrogen-bond donors (Lipinski definition) is 1. The Kier molecular flexibility index (Phi) is 5.32. The molecule has 1 N–H and O–H groups in total. The number of nitrogens with zero attached hydrogens (tertiary/aromatic N) is 1. The van der Waals surface area contributed by atoms with Crippen molar-refractivity contribution in [1.82, 2.24) is 0 Å². The lowest BCUT2D eigenvalue weighted by atomic mass is 10.1. The van der Waals surface area contributed by atoms with Gasteiger partial charge in [-0.05, 0) is 42.5 Å². The van der Waals surface area contributed by atoms with Gasteiger partial charge in [0.05, 0.1) is 12.0 Å². The zero-order valence-electron chi connectivity index (χ0n) is 14.4. The number of nitrogens with one attached hydrogen (secondary N) is 1. The zero-order chi connectivity index (χ0) is 19.2. The molecule has 0 aliphatic carbocycles. The van der Waals surface area contributed by atoms with Crippen molar-refractivity contribution in [3.8, 4) is 17.2 Å². The van der Waals surface area contributed by atoms with Crippen molar-refractivity contribution < 1.29 is 19.2 Å². The monoisotopic (exact) mass is 364 g/mol. The summed E-state index contributed by atoms with van der Waals surface area (Å²) in [4.78, 5) is 22.8. The second kappa shape index (κ2) is 8.01. The Balaban J connectivity index is 1.73. The molecule has 0 aromatic heterocycles. The van der Waals surface area contributed by atoms with Crippen molar-refractivity contribution in [2.24, 2.45) is 0 Å². The standard InChI is InChI=1S/C20H16N2O5/c1-26-18-8-4-5-9-19(18)27-15-12-10-14(11-13-15)21-20(23)16-6-2-3-7-17(16)22(24)25/h2-13H,1H3,(H,21,23). The molecular weight excluding hydrogens is 348 g/mol. The lowest BCUT2D eigenvalue weighted by molar-refractivity contribution is -0.385. The molecule has 0 saturated heterocycles. The smallest absolute Gasteiger partial charge is 0.282 e. The largest absolute Gasteiger partial charge is 0.493 e.